The third-order valence-corrected chi connectivity index (χ3v) is 5.06. The van der Waals surface area contributed by atoms with Crippen LogP contribution in [-0.4, -0.2) is 38.2 Å². The van der Waals surface area contributed by atoms with Gasteiger partial charge in [0, 0.05) is 15.7 Å². The highest BCUT2D eigenvalue weighted by molar-refractivity contribution is 6.40. The first kappa shape index (κ1) is 26.6. The van der Waals surface area contributed by atoms with E-state index in [1.807, 2.05) is 0 Å². The van der Waals surface area contributed by atoms with Crippen molar-refractivity contribution in [2.45, 2.75) is 13.0 Å². The lowest BCUT2D eigenvalue weighted by Gasteiger charge is -2.09. The highest BCUT2D eigenvalue weighted by atomic mass is 35.5. The fourth-order valence-corrected chi connectivity index (χ4v) is 3.53. The summed E-state index contributed by atoms with van der Waals surface area (Å²) in [4.78, 5) is 36.2. The molecule has 0 fully saturated rings. The van der Waals surface area contributed by atoms with Crippen LogP contribution in [0.15, 0.2) is 58.0 Å². The zero-order valence-corrected chi connectivity index (χ0v) is 20.8. The molecular formula is C24H22Cl2N4O6. The van der Waals surface area contributed by atoms with Gasteiger partial charge in [-0.05, 0) is 48.0 Å². The van der Waals surface area contributed by atoms with E-state index in [9.17, 15) is 14.4 Å². The summed E-state index contributed by atoms with van der Waals surface area (Å²) in [7, 11) is 3.05. The Hall–Kier alpha value is -4.02. The van der Waals surface area contributed by atoms with E-state index in [-0.39, 0.29) is 24.6 Å². The minimum absolute atomic E-state index is 0.0396. The van der Waals surface area contributed by atoms with Crippen LogP contribution in [0, 0.1) is 0 Å². The predicted molar refractivity (Wildman–Crippen MR) is 135 cm³/mol. The third kappa shape index (κ3) is 7.76. The molecule has 0 radical (unpaired) electrons. The number of halogens is 2. The second-order valence-corrected chi connectivity index (χ2v) is 8.13. The lowest BCUT2D eigenvalue weighted by atomic mass is 10.1. The molecular weight excluding hydrogens is 511 g/mol. The predicted octanol–water partition coefficient (Wildman–Crippen LogP) is 3.55. The van der Waals surface area contributed by atoms with E-state index in [0.29, 0.717) is 33.1 Å². The zero-order chi connectivity index (χ0) is 26.1. The molecule has 1 aromatic heterocycles. The molecule has 0 aliphatic rings. The maximum atomic E-state index is 12.1. The van der Waals surface area contributed by atoms with Crippen LogP contribution in [0.1, 0.15) is 17.1 Å². The Labute approximate surface area is 216 Å². The Kier molecular flexibility index (Phi) is 9.32. The van der Waals surface area contributed by atoms with Crippen molar-refractivity contribution in [1.82, 2.24) is 10.7 Å². The molecule has 12 heteroatoms. The Morgan fingerprint density at radius 2 is 1.67 bits per heavy atom. The fourth-order valence-electron chi connectivity index (χ4n) is 3.00. The average molecular weight is 533 g/mol. The molecule has 36 heavy (non-hydrogen) atoms. The molecule has 3 N–H and O–H groups in total. The summed E-state index contributed by atoms with van der Waals surface area (Å²) in [5, 5.41) is 9.35. The molecule has 0 saturated heterocycles. The first-order valence-corrected chi connectivity index (χ1v) is 11.2. The number of rotatable bonds is 9. The van der Waals surface area contributed by atoms with E-state index in [0.717, 1.165) is 5.56 Å². The molecule has 0 atom stereocenters. The maximum absolute atomic E-state index is 12.1. The van der Waals surface area contributed by atoms with Crippen LogP contribution in [0.2, 0.25) is 10.0 Å². The van der Waals surface area contributed by atoms with Crippen molar-refractivity contribution >= 4 is 52.8 Å². The van der Waals surface area contributed by atoms with Gasteiger partial charge in [0.25, 0.3) is 0 Å². The number of hydrogen-bond acceptors (Lipinski definition) is 7. The van der Waals surface area contributed by atoms with E-state index >= 15 is 0 Å². The molecule has 0 aliphatic heterocycles. The summed E-state index contributed by atoms with van der Waals surface area (Å²) in [6.07, 6.45) is 1.39. The van der Waals surface area contributed by atoms with Crippen LogP contribution < -0.4 is 25.5 Å². The summed E-state index contributed by atoms with van der Waals surface area (Å²) in [5.41, 5.74) is 3.42. The van der Waals surface area contributed by atoms with Gasteiger partial charge in [-0.25, -0.2) is 5.43 Å². The van der Waals surface area contributed by atoms with Gasteiger partial charge >= 0.3 is 11.8 Å². The number of anilines is 1. The van der Waals surface area contributed by atoms with Crippen molar-refractivity contribution in [3.63, 3.8) is 0 Å². The van der Waals surface area contributed by atoms with Gasteiger partial charge in [0.05, 0.1) is 33.4 Å². The third-order valence-electron chi connectivity index (χ3n) is 4.63. The van der Waals surface area contributed by atoms with Crippen LogP contribution in [-0.2, 0) is 27.3 Å². The summed E-state index contributed by atoms with van der Waals surface area (Å²) < 4.78 is 15.9. The maximum Gasteiger partial charge on any atom is 0.313 e. The number of methoxy groups -OCH3 is 2. The van der Waals surface area contributed by atoms with E-state index < -0.39 is 11.8 Å². The number of nitrogens with one attached hydrogen (secondary N) is 3. The largest absolute Gasteiger partial charge is 0.493 e. The molecule has 2 aromatic carbocycles. The van der Waals surface area contributed by atoms with Gasteiger partial charge in [0.2, 0.25) is 5.91 Å². The molecule has 0 unspecified atom stereocenters. The molecule has 3 amide bonds. The number of carbonyl (C=O) groups is 3. The van der Waals surface area contributed by atoms with Crippen LogP contribution >= 0.6 is 23.2 Å². The standard InChI is InChI=1S/C24H22Cl2N4O6/c1-34-20-6-3-14(7-21(20)35-2)8-22(31)30-28-13-19-5-4-18(36-19)12-27-23(32)24(33)29-17-10-15(25)9-16(26)11-17/h3-7,9-11,13H,8,12H2,1-2H3,(H,27,32)(H,29,33)(H,30,31)/b28-13-. The minimum atomic E-state index is -0.890. The molecule has 1 heterocycles. The molecule has 188 valence electrons. The number of amides is 3. The molecule has 0 aliphatic carbocycles. The Balaban J connectivity index is 1.45. The normalized spacial score (nSPS) is 10.7. The van der Waals surface area contributed by atoms with Gasteiger partial charge in [-0.15, -0.1) is 0 Å². The van der Waals surface area contributed by atoms with Gasteiger partial charge in [0.15, 0.2) is 11.5 Å². The van der Waals surface area contributed by atoms with Crippen LogP contribution in [0.3, 0.4) is 0 Å². The zero-order valence-electron chi connectivity index (χ0n) is 19.3. The lowest BCUT2D eigenvalue weighted by Crippen LogP contribution is -2.34. The summed E-state index contributed by atoms with van der Waals surface area (Å²) >= 11 is 11.8. The number of nitrogens with zero attached hydrogens (tertiary/aromatic N) is 1. The minimum Gasteiger partial charge on any atom is -0.493 e. The second kappa shape index (κ2) is 12.6. The van der Waals surface area contributed by atoms with E-state index in [1.165, 1.54) is 38.6 Å². The number of hydrazone groups is 1. The van der Waals surface area contributed by atoms with Gasteiger partial charge in [-0.1, -0.05) is 29.3 Å². The highest BCUT2D eigenvalue weighted by Crippen LogP contribution is 2.27. The topological polar surface area (TPSA) is 131 Å². The first-order valence-electron chi connectivity index (χ1n) is 10.4. The molecule has 10 nitrogen and oxygen atoms in total. The quantitative estimate of drug-likeness (QED) is 0.219. The van der Waals surface area contributed by atoms with E-state index in [4.69, 9.17) is 37.1 Å². The van der Waals surface area contributed by atoms with Crippen molar-refractivity contribution in [2.24, 2.45) is 5.10 Å². The van der Waals surface area contributed by atoms with Crippen LogP contribution in [0.5, 0.6) is 11.5 Å². The van der Waals surface area contributed by atoms with Gasteiger partial charge in [-0.2, -0.15) is 5.10 Å². The van der Waals surface area contributed by atoms with E-state index in [1.54, 1.807) is 30.3 Å². The number of ether oxygens (including phenoxy) is 2. The molecule has 0 spiro atoms. The van der Waals surface area contributed by atoms with Gasteiger partial charge in [-0.3, -0.25) is 14.4 Å². The SMILES string of the molecule is COc1ccc(CC(=O)N/N=C\c2ccc(CNC(=O)C(=O)Nc3cc(Cl)cc(Cl)c3)o2)cc1OC. The van der Waals surface area contributed by atoms with Gasteiger partial charge < -0.3 is 24.5 Å². The number of furan rings is 1. The highest BCUT2D eigenvalue weighted by Gasteiger charge is 2.15. The number of hydrogen-bond donors (Lipinski definition) is 3. The van der Waals surface area contributed by atoms with Crippen LogP contribution in [0.25, 0.3) is 0 Å². The Morgan fingerprint density at radius 1 is 0.944 bits per heavy atom. The smallest absolute Gasteiger partial charge is 0.313 e. The van der Waals surface area contributed by atoms with Crippen molar-refractivity contribution in [3.8, 4) is 11.5 Å². The molecule has 3 aromatic rings. The van der Waals surface area contributed by atoms with Gasteiger partial charge in [0.1, 0.15) is 11.5 Å². The number of carbonyl (C=O) groups excluding carboxylic acids is 3. The van der Waals surface area contributed by atoms with E-state index in [2.05, 4.69) is 21.2 Å². The average Bonchev–Trinajstić information content (AvgIpc) is 3.29. The summed E-state index contributed by atoms with van der Waals surface area (Å²) in [5.74, 6) is -0.309. The van der Waals surface area contributed by atoms with Crippen molar-refractivity contribution in [3.05, 3.63) is 75.7 Å². The first-order chi connectivity index (χ1) is 17.3. The molecule has 0 bridgehead atoms. The summed E-state index contributed by atoms with van der Waals surface area (Å²) in [6.45, 7) is -0.0396. The Morgan fingerprint density at radius 3 is 2.36 bits per heavy atom. The van der Waals surface area contributed by atoms with Crippen LogP contribution in [0.4, 0.5) is 5.69 Å². The summed E-state index contributed by atoms with van der Waals surface area (Å²) in [6, 6.07) is 12.8. The van der Waals surface area contributed by atoms with Crippen molar-refractivity contribution < 1.29 is 28.3 Å². The lowest BCUT2D eigenvalue weighted by molar-refractivity contribution is -0.136. The number of benzene rings is 2. The molecule has 3 rings (SSSR count). The monoisotopic (exact) mass is 532 g/mol. The molecule has 0 saturated carbocycles. The Bertz CT molecular complexity index is 1270. The van der Waals surface area contributed by atoms with Crippen molar-refractivity contribution in [1.29, 1.82) is 0 Å². The second-order valence-electron chi connectivity index (χ2n) is 7.26. The van der Waals surface area contributed by atoms with Crippen molar-refractivity contribution in [2.75, 3.05) is 19.5 Å². The fraction of sp³-hybridized carbons (Fsp3) is 0.167.